The summed E-state index contributed by atoms with van der Waals surface area (Å²) in [6.45, 7) is 30.4. The first-order valence-electron chi connectivity index (χ1n) is 18.0. The van der Waals surface area contributed by atoms with Gasteiger partial charge in [0.05, 0.1) is 77.9 Å². The van der Waals surface area contributed by atoms with Crippen LogP contribution >= 0.6 is 34.6 Å². The summed E-state index contributed by atoms with van der Waals surface area (Å²) in [5.41, 5.74) is 4.69. The van der Waals surface area contributed by atoms with Crippen LogP contribution in [0.1, 0.15) is 75.0 Å². The molecular weight excluding hydrogens is 800 g/mol. The fourth-order valence-electron chi connectivity index (χ4n) is 4.96. The van der Waals surface area contributed by atoms with E-state index in [1.54, 1.807) is 14.7 Å². The monoisotopic (exact) mass is 860 g/mol. The van der Waals surface area contributed by atoms with E-state index in [4.69, 9.17) is 15.4 Å². The van der Waals surface area contributed by atoms with E-state index in [9.17, 15) is 42.7 Å². The number of ether oxygens (including phenoxy) is 1. The first kappa shape index (κ1) is 52.6. The molecule has 25 heteroatoms. The second kappa shape index (κ2) is 24.4. The van der Waals surface area contributed by atoms with Crippen molar-refractivity contribution in [3.8, 4) is 0 Å². The lowest BCUT2D eigenvalue weighted by Crippen LogP contribution is -3.11. The Balaban J connectivity index is 0.00000109. The molecule has 20 nitrogen and oxygen atoms in total. The van der Waals surface area contributed by atoms with E-state index in [1.807, 2.05) is 0 Å². The first-order chi connectivity index (χ1) is 25.0. The Kier molecular flexibility index (Phi) is 23.8. The van der Waals surface area contributed by atoms with Crippen molar-refractivity contribution in [2.75, 3.05) is 71.2 Å². The second-order valence-electron chi connectivity index (χ2n) is 12.0. The number of aromatic nitrogens is 4. The molecule has 1 fully saturated rings. The smallest absolute Gasteiger partial charge is 0.308 e. The number of aromatic amines is 1. The molecule has 1 aliphatic rings. The van der Waals surface area contributed by atoms with Crippen LogP contribution in [0.3, 0.4) is 0 Å². The number of H-pyrrole nitrogens is 1. The van der Waals surface area contributed by atoms with Crippen LogP contribution in [-0.4, -0.2) is 112 Å². The largest absolute Gasteiger partial charge is 0.775 e. The van der Waals surface area contributed by atoms with Gasteiger partial charge in [-0.3, -0.25) is 23.2 Å². The number of anilines is 1. The van der Waals surface area contributed by atoms with Gasteiger partial charge in [0.25, 0.3) is 13.4 Å². The summed E-state index contributed by atoms with van der Waals surface area (Å²) in [6.07, 6.45) is -2.94. The van der Waals surface area contributed by atoms with Crippen LogP contribution in [0.2, 0.25) is 0 Å². The fraction of sp³-hybridized carbons (Fsp3) is 0.828. The Morgan fingerprint density at radius 3 is 1.76 bits per heavy atom. The van der Waals surface area contributed by atoms with Gasteiger partial charge in [-0.1, -0.05) is 11.6 Å². The van der Waals surface area contributed by atoms with Gasteiger partial charge in [-0.25, -0.2) is 9.37 Å². The highest BCUT2D eigenvalue weighted by atomic mass is 35.5. The van der Waals surface area contributed by atoms with Crippen LogP contribution in [0.25, 0.3) is 11.2 Å². The fourth-order valence-corrected chi connectivity index (χ4v) is 8.77. The van der Waals surface area contributed by atoms with Gasteiger partial charge < -0.3 is 63.5 Å². The zero-order chi connectivity index (χ0) is 42.1. The number of nitrogens with two attached hydrogens (primary N) is 1. The van der Waals surface area contributed by atoms with E-state index in [0.29, 0.717) is 0 Å². The highest BCUT2D eigenvalue weighted by Crippen LogP contribution is 2.74. The highest BCUT2D eigenvalue weighted by Gasteiger charge is 2.51. The van der Waals surface area contributed by atoms with Crippen molar-refractivity contribution in [1.29, 1.82) is 0 Å². The van der Waals surface area contributed by atoms with Gasteiger partial charge in [-0.15, -0.1) is 0 Å². The number of nitrogen functional groups attached to an aromatic ring is 1. The predicted molar refractivity (Wildman–Crippen MR) is 197 cm³/mol. The number of rotatable bonds is 17. The van der Waals surface area contributed by atoms with Gasteiger partial charge in [0.15, 0.2) is 18.8 Å². The lowest BCUT2D eigenvalue weighted by molar-refractivity contribution is -0.894. The van der Waals surface area contributed by atoms with Gasteiger partial charge in [-0.2, -0.15) is 4.98 Å². The number of hydrogen-bond donors (Lipinski definition) is 7. The van der Waals surface area contributed by atoms with Crippen LogP contribution in [0.15, 0.2) is 11.1 Å². The zero-order valence-corrected chi connectivity index (χ0v) is 36.0. The van der Waals surface area contributed by atoms with Gasteiger partial charge in [0.2, 0.25) is 13.5 Å². The molecule has 8 N–H and O–H groups in total. The summed E-state index contributed by atoms with van der Waals surface area (Å²) >= 11 is 4.59. The Morgan fingerprint density at radius 1 is 0.963 bits per heavy atom. The molecule has 54 heavy (non-hydrogen) atoms. The summed E-state index contributed by atoms with van der Waals surface area (Å²) in [7, 11) is -19.1. The molecular formula is C29H61ClFN8O12P3. The number of alkyl halides is 2. The molecule has 3 heterocycles. The highest BCUT2D eigenvalue weighted by molar-refractivity contribution is 7.77. The van der Waals surface area contributed by atoms with Gasteiger partial charge in [0.1, 0.15) is 12.3 Å². The Labute approximate surface area is 321 Å². The zero-order valence-electron chi connectivity index (χ0n) is 32.6. The maximum atomic E-state index is 13.7. The van der Waals surface area contributed by atoms with Crippen LogP contribution in [-0.2, 0) is 27.3 Å². The molecule has 4 unspecified atom stereocenters. The Bertz CT molecular complexity index is 1530. The number of aliphatic hydroxyl groups excluding tert-OH is 1. The number of halogens is 2. The third-order valence-corrected chi connectivity index (χ3v) is 15.0. The number of phosphoric ester groups is 1. The van der Waals surface area contributed by atoms with Crippen molar-refractivity contribution in [3.63, 3.8) is 0 Å². The average molecular weight is 861 g/mol. The summed E-state index contributed by atoms with van der Waals surface area (Å²) < 4.78 is 57.0. The molecule has 0 aliphatic carbocycles. The standard InChI is InChI=1S/C11H16ClFN5O12P3.3C6H15N/c12-11(13,31(21,22)23)32(24,25)30-33(26,27)28-2-5-4(19)1-6(29-5)18-3-15-7-8(18)16-10(14)17-9(7)20;3*1-4-7(5-2)6-3/h3-6,19H,1-2H2,(H,24,25)(H,26,27)(H2,21,22,23)(H3,14,16,17,20);3*4-6H2,1-3H3/t4-,5+,6+,11?;;;/m0.../s1. The number of phosphoric acid groups is 1. The van der Waals surface area contributed by atoms with Crippen molar-refractivity contribution < 1.29 is 71.0 Å². The van der Waals surface area contributed by atoms with E-state index in [2.05, 4.69) is 97.7 Å². The van der Waals surface area contributed by atoms with Crippen molar-refractivity contribution >= 4 is 51.7 Å². The third kappa shape index (κ3) is 16.2. The minimum atomic E-state index is -6.65. The number of quaternary nitrogens is 3. The van der Waals surface area contributed by atoms with Gasteiger partial charge in [-0.05, 0) is 62.3 Å². The molecule has 3 rings (SSSR count). The van der Waals surface area contributed by atoms with E-state index < -0.39 is 58.2 Å². The molecule has 1 aliphatic heterocycles. The third-order valence-electron chi connectivity index (χ3n) is 8.74. The Morgan fingerprint density at radius 2 is 1.39 bits per heavy atom. The molecule has 0 saturated carbocycles. The van der Waals surface area contributed by atoms with E-state index in [-0.39, 0.29) is 23.5 Å². The summed E-state index contributed by atoms with van der Waals surface area (Å²) in [5, 5.41) is 10.1. The predicted octanol–water partition coefficient (Wildman–Crippen LogP) is -2.44. The lowest BCUT2D eigenvalue weighted by atomic mass is 10.2. The summed E-state index contributed by atoms with van der Waals surface area (Å²) in [6, 6.07) is 0. The number of nitrogens with zero attached hydrogens (tertiary/aromatic N) is 3. The molecule has 0 bridgehead atoms. The van der Waals surface area contributed by atoms with E-state index in [0.717, 1.165) is 6.33 Å². The van der Waals surface area contributed by atoms with E-state index >= 15 is 0 Å². The topological polar surface area (TPSA) is 291 Å². The molecule has 0 amide bonds. The molecule has 2 aromatic rings. The van der Waals surface area contributed by atoms with Crippen molar-refractivity contribution in [3.05, 3.63) is 16.7 Å². The van der Waals surface area contributed by atoms with Crippen LogP contribution in [0.5, 0.6) is 0 Å². The maximum absolute atomic E-state index is 13.7. The molecule has 1 saturated heterocycles. The van der Waals surface area contributed by atoms with E-state index in [1.165, 1.54) is 63.5 Å². The number of fused-ring (bicyclic) bond motifs is 1. The summed E-state index contributed by atoms with van der Waals surface area (Å²) in [4.78, 5) is 69.4. The average Bonchev–Trinajstić information content (AvgIpc) is 3.69. The summed E-state index contributed by atoms with van der Waals surface area (Å²) in [5.74, 6) is -0.243. The van der Waals surface area contributed by atoms with Crippen LogP contribution in [0, 0.1) is 0 Å². The van der Waals surface area contributed by atoms with Gasteiger partial charge >= 0.3 is 4.61 Å². The molecule has 0 aromatic carbocycles. The minimum absolute atomic E-state index is 0.0208. The number of hydrogen-bond acceptors (Lipinski definition) is 14. The molecule has 0 spiro atoms. The lowest BCUT2D eigenvalue weighted by Gasteiger charge is -2.40. The van der Waals surface area contributed by atoms with Crippen LogP contribution in [0.4, 0.5) is 10.3 Å². The number of nitrogens with one attached hydrogen (secondary N) is 4. The second-order valence-corrected chi connectivity index (χ2v) is 18.5. The minimum Gasteiger partial charge on any atom is -0.775 e. The number of aliphatic hydroxyl groups is 1. The molecule has 2 aromatic heterocycles. The van der Waals surface area contributed by atoms with Gasteiger partial charge in [0, 0.05) is 6.42 Å². The van der Waals surface area contributed by atoms with Crippen molar-refractivity contribution in [2.45, 2.75) is 91.8 Å². The van der Waals surface area contributed by atoms with Crippen LogP contribution < -0.4 is 40.7 Å². The van der Waals surface area contributed by atoms with Crippen molar-refractivity contribution in [1.82, 2.24) is 19.5 Å². The molecule has 7 atom stereocenters. The number of imidazole rings is 1. The SMILES string of the molecule is CC[NH+](CC)CC.CC[NH+](CC)CC.CC[NH+](CC)CC.Nc1nc2c(ncn2[C@H]2C[C@H](O)[C@@H](COP(=O)([O-])OP(=O)([O-])C(F)(Cl)P(=O)([O-])O)O2)c(=O)[nH]1. The normalized spacial score (nSPS) is 21.5. The van der Waals surface area contributed by atoms with Crippen molar-refractivity contribution in [2.24, 2.45) is 0 Å². The quantitative estimate of drug-likeness (QED) is 0.0643. The first-order valence-corrected chi connectivity index (χ1v) is 22.9. The molecule has 0 radical (unpaired) electrons. The molecule has 318 valence electrons. The maximum Gasteiger partial charge on any atom is 0.308 e. The Hall–Kier alpha value is -1.38.